The lowest BCUT2D eigenvalue weighted by Gasteiger charge is -2.49. The number of carbonyl (C=O) groups is 1. The standard InChI is InChI=1S/C22H31N5O/c1-17-13-18(2)27(24-17)20-6-4-5-19(14-20)15-26-12-11-25(3)22(16-26)8-7-21(28)23-10-9-22/h4-6,13-14H,7-12,15-16H2,1-3H3,(H,23,28)/t22-/m0/s1. The van der Waals surface area contributed by atoms with Gasteiger partial charge in [0.15, 0.2) is 0 Å². The summed E-state index contributed by atoms with van der Waals surface area (Å²) < 4.78 is 2.02. The summed E-state index contributed by atoms with van der Waals surface area (Å²) in [7, 11) is 2.22. The number of benzene rings is 1. The summed E-state index contributed by atoms with van der Waals surface area (Å²) in [6, 6.07) is 10.8. The molecule has 6 nitrogen and oxygen atoms in total. The van der Waals surface area contributed by atoms with Crippen molar-refractivity contribution in [2.75, 3.05) is 33.2 Å². The van der Waals surface area contributed by atoms with Gasteiger partial charge in [0.2, 0.25) is 5.91 Å². The lowest BCUT2D eigenvalue weighted by atomic mass is 9.86. The Balaban J connectivity index is 1.50. The third-order valence-electron chi connectivity index (χ3n) is 6.38. The van der Waals surface area contributed by atoms with E-state index in [1.807, 2.05) is 11.6 Å². The highest BCUT2D eigenvalue weighted by atomic mass is 16.1. The number of rotatable bonds is 3. The zero-order valence-corrected chi connectivity index (χ0v) is 17.2. The van der Waals surface area contributed by atoms with Crippen LogP contribution < -0.4 is 5.32 Å². The van der Waals surface area contributed by atoms with Crippen LogP contribution in [-0.4, -0.2) is 64.3 Å². The van der Waals surface area contributed by atoms with Crippen LogP contribution in [0.4, 0.5) is 0 Å². The van der Waals surface area contributed by atoms with E-state index in [2.05, 4.69) is 64.5 Å². The zero-order valence-electron chi connectivity index (χ0n) is 17.2. The van der Waals surface area contributed by atoms with Crippen LogP contribution in [0.3, 0.4) is 0 Å². The minimum Gasteiger partial charge on any atom is -0.356 e. The summed E-state index contributed by atoms with van der Waals surface area (Å²) in [6.07, 6.45) is 2.60. The maximum Gasteiger partial charge on any atom is 0.220 e. The predicted octanol–water partition coefficient (Wildman–Crippen LogP) is 2.28. The zero-order chi connectivity index (χ0) is 19.7. The predicted molar refractivity (Wildman–Crippen MR) is 111 cm³/mol. The first kappa shape index (κ1) is 19.2. The van der Waals surface area contributed by atoms with Crippen molar-refractivity contribution in [1.82, 2.24) is 24.9 Å². The van der Waals surface area contributed by atoms with Crippen LogP contribution in [0.15, 0.2) is 30.3 Å². The van der Waals surface area contributed by atoms with Crippen molar-refractivity contribution in [3.8, 4) is 5.69 Å². The van der Waals surface area contributed by atoms with Gasteiger partial charge in [-0.15, -0.1) is 0 Å². The fourth-order valence-corrected chi connectivity index (χ4v) is 4.75. The molecule has 4 rings (SSSR count). The molecule has 1 spiro atoms. The molecule has 1 N–H and O–H groups in total. The second-order valence-corrected chi connectivity index (χ2v) is 8.47. The lowest BCUT2D eigenvalue weighted by Crippen LogP contribution is -2.60. The van der Waals surface area contributed by atoms with Crippen LogP contribution in [0, 0.1) is 13.8 Å². The van der Waals surface area contributed by atoms with Gasteiger partial charge in [-0.1, -0.05) is 12.1 Å². The average Bonchev–Trinajstić information content (AvgIpc) is 2.90. The summed E-state index contributed by atoms with van der Waals surface area (Å²) in [4.78, 5) is 16.9. The van der Waals surface area contributed by atoms with Gasteiger partial charge in [-0.05, 0) is 57.5 Å². The summed E-state index contributed by atoms with van der Waals surface area (Å²) >= 11 is 0. The molecular formula is C22H31N5O. The Morgan fingerprint density at radius 2 is 2.04 bits per heavy atom. The normalized spacial score (nSPS) is 24.3. The second kappa shape index (κ2) is 7.68. The van der Waals surface area contributed by atoms with Gasteiger partial charge in [-0.25, -0.2) is 4.68 Å². The van der Waals surface area contributed by atoms with Gasteiger partial charge in [-0.2, -0.15) is 5.10 Å². The molecule has 1 aromatic carbocycles. The molecule has 6 heteroatoms. The maximum absolute atomic E-state index is 11.8. The quantitative estimate of drug-likeness (QED) is 0.886. The van der Waals surface area contributed by atoms with E-state index in [0.29, 0.717) is 6.42 Å². The molecular weight excluding hydrogens is 350 g/mol. The highest BCUT2D eigenvalue weighted by Crippen LogP contribution is 2.31. The van der Waals surface area contributed by atoms with Gasteiger partial charge in [0.1, 0.15) is 0 Å². The number of aromatic nitrogens is 2. The van der Waals surface area contributed by atoms with Crippen molar-refractivity contribution < 1.29 is 4.79 Å². The summed E-state index contributed by atoms with van der Waals surface area (Å²) in [5.74, 6) is 0.194. The van der Waals surface area contributed by atoms with Gasteiger partial charge in [0.25, 0.3) is 0 Å². The molecule has 0 aliphatic carbocycles. The molecule has 3 heterocycles. The minimum absolute atomic E-state index is 0.102. The van der Waals surface area contributed by atoms with E-state index in [4.69, 9.17) is 0 Å². The Morgan fingerprint density at radius 3 is 2.82 bits per heavy atom. The molecule has 0 saturated carbocycles. The fraction of sp³-hybridized carbons (Fsp3) is 0.545. The van der Waals surface area contributed by atoms with E-state index in [9.17, 15) is 4.79 Å². The van der Waals surface area contributed by atoms with Crippen molar-refractivity contribution in [2.45, 2.75) is 45.2 Å². The van der Waals surface area contributed by atoms with Gasteiger partial charge in [0.05, 0.1) is 11.4 Å². The van der Waals surface area contributed by atoms with E-state index in [0.717, 1.165) is 62.6 Å². The Kier molecular flexibility index (Phi) is 5.25. The van der Waals surface area contributed by atoms with E-state index in [-0.39, 0.29) is 11.4 Å². The average molecular weight is 382 g/mol. The highest BCUT2D eigenvalue weighted by Gasteiger charge is 2.40. The van der Waals surface area contributed by atoms with Crippen molar-refractivity contribution in [3.63, 3.8) is 0 Å². The fourth-order valence-electron chi connectivity index (χ4n) is 4.75. The molecule has 2 aromatic rings. The van der Waals surface area contributed by atoms with Crippen LogP contribution in [-0.2, 0) is 11.3 Å². The number of aryl methyl sites for hydroxylation is 2. The number of hydrogen-bond acceptors (Lipinski definition) is 4. The Hall–Kier alpha value is -2.18. The van der Waals surface area contributed by atoms with E-state index in [1.165, 1.54) is 5.56 Å². The third kappa shape index (κ3) is 3.84. The molecule has 1 atom stereocenters. The number of amides is 1. The Bertz CT molecular complexity index is 860. The molecule has 150 valence electrons. The van der Waals surface area contributed by atoms with Crippen LogP contribution in [0.5, 0.6) is 0 Å². The molecule has 2 fully saturated rings. The number of piperazine rings is 1. The number of carbonyl (C=O) groups excluding carboxylic acids is 1. The number of nitrogens with zero attached hydrogens (tertiary/aromatic N) is 4. The number of hydrogen-bond donors (Lipinski definition) is 1. The minimum atomic E-state index is 0.102. The molecule has 0 radical (unpaired) electrons. The molecule has 2 aliphatic rings. The van der Waals surface area contributed by atoms with Crippen molar-refractivity contribution in [1.29, 1.82) is 0 Å². The highest BCUT2D eigenvalue weighted by molar-refractivity contribution is 5.76. The first-order valence-electron chi connectivity index (χ1n) is 10.3. The van der Waals surface area contributed by atoms with Crippen molar-refractivity contribution in [3.05, 3.63) is 47.3 Å². The Morgan fingerprint density at radius 1 is 1.18 bits per heavy atom. The van der Waals surface area contributed by atoms with Crippen LogP contribution >= 0.6 is 0 Å². The Labute approximate surface area is 167 Å². The lowest BCUT2D eigenvalue weighted by molar-refractivity contribution is -0.121. The monoisotopic (exact) mass is 381 g/mol. The van der Waals surface area contributed by atoms with E-state index in [1.54, 1.807) is 0 Å². The molecule has 0 bridgehead atoms. The van der Waals surface area contributed by atoms with Crippen LogP contribution in [0.1, 0.15) is 36.2 Å². The third-order valence-corrected chi connectivity index (χ3v) is 6.38. The second-order valence-electron chi connectivity index (χ2n) is 8.47. The van der Waals surface area contributed by atoms with Crippen LogP contribution in [0.25, 0.3) is 5.69 Å². The molecule has 1 aromatic heterocycles. The maximum atomic E-state index is 11.8. The molecule has 0 unspecified atom stereocenters. The van der Waals surface area contributed by atoms with Crippen LogP contribution in [0.2, 0.25) is 0 Å². The summed E-state index contributed by atoms with van der Waals surface area (Å²) in [6.45, 7) is 8.97. The molecule has 2 aliphatic heterocycles. The first-order valence-corrected chi connectivity index (χ1v) is 10.3. The first-order chi connectivity index (χ1) is 13.4. The van der Waals surface area contributed by atoms with Gasteiger partial charge in [0, 0.05) is 50.4 Å². The summed E-state index contributed by atoms with van der Waals surface area (Å²) in [5, 5.41) is 7.66. The van der Waals surface area contributed by atoms with E-state index < -0.39 is 0 Å². The van der Waals surface area contributed by atoms with Crippen molar-refractivity contribution >= 4 is 5.91 Å². The molecule has 28 heavy (non-hydrogen) atoms. The van der Waals surface area contributed by atoms with Crippen molar-refractivity contribution in [2.24, 2.45) is 0 Å². The largest absolute Gasteiger partial charge is 0.356 e. The topological polar surface area (TPSA) is 53.4 Å². The number of likely N-dealkylation sites (N-methyl/N-ethyl adjacent to an activating group) is 1. The summed E-state index contributed by atoms with van der Waals surface area (Å²) in [5.41, 5.74) is 4.73. The van der Waals surface area contributed by atoms with Gasteiger partial charge < -0.3 is 5.32 Å². The smallest absolute Gasteiger partial charge is 0.220 e. The SMILES string of the molecule is Cc1cc(C)n(-c2cccc(CN3CCN(C)[C@@]4(CCNC(=O)CC4)C3)c2)n1. The van der Waals surface area contributed by atoms with Gasteiger partial charge >= 0.3 is 0 Å². The number of nitrogens with one attached hydrogen (secondary N) is 1. The van der Waals surface area contributed by atoms with Gasteiger partial charge in [-0.3, -0.25) is 14.6 Å². The molecule has 1 amide bonds. The molecule has 2 saturated heterocycles. The van der Waals surface area contributed by atoms with E-state index >= 15 is 0 Å².